The van der Waals surface area contributed by atoms with E-state index in [-0.39, 0.29) is 0 Å². The van der Waals surface area contributed by atoms with Crippen molar-refractivity contribution in [3.05, 3.63) is 78.4 Å². The largest absolute Gasteiger partial charge is 0.494 e. The molecule has 7 heteroatoms. The molecule has 0 spiro atoms. The molecule has 0 aliphatic heterocycles. The van der Waals surface area contributed by atoms with Crippen LogP contribution in [0.25, 0.3) is 21.1 Å². The van der Waals surface area contributed by atoms with E-state index in [2.05, 4.69) is 33.8 Å². The third-order valence-corrected chi connectivity index (χ3v) is 5.68. The van der Waals surface area contributed by atoms with Crippen LogP contribution >= 0.6 is 11.3 Å². The molecule has 0 saturated carbocycles. The molecule has 2 aromatic heterocycles. The van der Waals surface area contributed by atoms with E-state index in [0.29, 0.717) is 18.2 Å². The highest BCUT2D eigenvalue weighted by molar-refractivity contribution is 7.22. The van der Waals surface area contributed by atoms with Gasteiger partial charge in [0.15, 0.2) is 5.13 Å². The third-order valence-electron chi connectivity index (χ3n) is 4.72. The zero-order chi connectivity index (χ0) is 20.3. The van der Waals surface area contributed by atoms with E-state index in [1.54, 1.807) is 18.4 Å². The van der Waals surface area contributed by atoms with Crippen LogP contribution < -0.4 is 15.4 Å². The van der Waals surface area contributed by atoms with Gasteiger partial charge in [0, 0.05) is 11.9 Å². The number of ether oxygens (including phenoxy) is 1. The topological polar surface area (TPSA) is 72.0 Å². The number of methoxy groups -OCH3 is 1. The van der Waals surface area contributed by atoms with Gasteiger partial charge in [-0.15, -0.1) is 0 Å². The van der Waals surface area contributed by atoms with Gasteiger partial charge >= 0.3 is 0 Å². The Hall–Kier alpha value is -3.71. The summed E-state index contributed by atoms with van der Waals surface area (Å²) in [5.41, 5.74) is 2.87. The van der Waals surface area contributed by atoms with Gasteiger partial charge in [-0.05, 0) is 29.8 Å². The Bertz CT molecular complexity index is 1290. The molecule has 30 heavy (non-hydrogen) atoms. The average molecular weight is 414 g/mol. The molecule has 2 heterocycles. The summed E-state index contributed by atoms with van der Waals surface area (Å²) in [6.45, 7) is 0.657. The van der Waals surface area contributed by atoms with Crippen LogP contribution in [0.5, 0.6) is 5.75 Å². The normalized spacial score (nSPS) is 11.0. The van der Waals surface area contributed by atoms with Gasteiger partial charge in [-0.25, -0.2) is 9.97 Å². The number of nitrogens with one attached hydrogen (secondary N) is 2. The second-order valence-electron chi connectivity index (χ2n) is 6.70. The maximum Gasteiger partial charge on any atom is 0.231 e. The molecule has 0 aliphatic rings. The van der Waals surface area contributed by atoms with Crippen LogP contribution in [0.15, 0.2) is 72.8 Å². The predicted octanol–water partition coefficient (Wildman–Crippen LogP) is 5.60. The molecule has 0 fully saturated rings. The van der Waals surface area contributed by atoms with E-state index in [1.165, 1.54) is 5.56 Å². The van der Waals surface area contributed by atoms with Crippen molar-refractivity contribution in [3.63, 3.8) is 0 Å². The first-order chi connectivity index (χ1) is 14.8. The number of aromatic nitrogens is 3. The Morgan fingerprint density at radius 2 is 1.70 bits per heavy atom. The van der Waals surface area contributed by atoms with Crippen LogP contribution in [-0.4, -0.2) is 22.1 Å². The van der Waals surface area contributed by atoms with E-state index in [4.69, 9.17) is 14.7 Å². The minimum absolute atomic E-state index is 0.474. The van der Waals surface area contributed by atoms with Crippen LogP contribution in [0.1, 0.15) is 5.56 Å². The Morgan fingerprint density at radius 3 is 2.53 bits per heavy atom. The highest BCUT2D eigenvalue weighted by Crippen LogP contribution is 2.32. The lowest BCUT2D eigenvalue weighted by atomic mass is 10.2. The first kappa shape index (κ1) is 18.3. The van der Waals surface area contributed by atoms with Gasteiger partial charge < -0.3 is 10.1 Å². The van der Waals surface area contributed by atoms with Crippen molar-refractivity contribution in [2.45, 2.75) is 6.54 Å². The summed E-state index contributed by atoms with van der Waals surface area (Å²) in [6.07, 6.45) is 0. The summed E-state index contributed by atoms with van der Waals surface area (Å²) < 4.78 is 6.65. The number of nitrogens with zero attached hydrogens (tertiary/aromatic N) is 3. The molecule has 0 aliphatic carbocycles. The standard InChI is InChI=1S/C23H19N5OS/c1-29-18-12-7-10-16-20(18)26-22(27-21(16)24-14-15-8-3-2-4-9-15)28-23-25-17-11-5-6-13-19(17)30-23/h2-13H,14H2,1H3,(H2,24,25,26,27,28). The molecule has 2 N–H and O–H groups in total. The fourth-order valence-corrected chi connectivity index (χ4v) is 4.14. The molecular formula is C23H19N5OS. The molecule has 6 nitrogen and oxygen atoms in total. The number of fused-ring (bicyclic) bond motifs is 2. The number of benzene rings is 3. The van der Waals surface area contributed by atoms with Gasteiger partial charge in [-0.3, -0.25) is 5.32 Å². The number of hydrogen-bond donors (Lipinski definition) is 2. The molecule has 0 amide bonds. The van der Waals surface area contributed by atoms with Gasteiger partial charge in [0.05, 0.1) is 17.3 Å². The Balaban J connectivity index is 1.54. The quantitative estimate of drug-likeness (QED) is 0.377. The zero-order valence-corrected chi connectivity index (χ0v) is 17.1. The van der Waals surface area contributed by atoms with Crippen LogP contribution in [0.3, 0.4) is 0 Å². The molecule has 3 aromatic carbocycles. The first-order valence-corrected chi connectivity index (χ1v) is 10.4. The second kappa shape index (κ2) is 7.96. The molecule has 0 radical (unpaired) electrons. The van der Waals surface area contributed by atoms with Crippen LogP contribution in [0.2, 0.25) is 0 Å². The lowest BCUT2D eigenvalue weighted by Gasteiger charge is -2.13. The molecule has 0 atom stereocenters. The minimum Gasteiger partial charge on any atom is -0.494 e. The van der Waals surface area contributed by atoms with Gasteiger partial charge in [-0.1, -0.05) is 59.9 Å². The number of anilines is 3. The lowest BCUT2D eigenvalue weighted by molar-refractivity contribution is 0.419. The van der Waals surface area contributed by atoms with Crippen LogP contribution in [-0.2, 0) is 6.54 Å². The van der Waals surface area contributed by atoms with Crippen molar-refractivity contribution in [2.24, 2.45) is 0 Å². The fourth-order valence-electron chi connectivity index (χ4n) is 3.28. The van der Waals surface area contributed by atoms with Gasteiger partial charge in [0.1, 0.15) is 17.1 Å². The highest BCUT2D eigenvalue weighted by atomic mass is 32.1. The minimum atomic E-state index is 0.474. The maximum atomic E-state index is 5.54. The summed E-state index contributed by atoms with van der Waals surface area (Å²) in [5, 5.41) is 8.36. The highest BCUT2D eigenvalue weighted by Gasteiger charge is 2.13. The molecule has 5 aromatic rings. The molecule has 0 saturated heterocycles. The van der Waals surface area contributed by atoms with Crippen molar-refractivity contribution in [2.75, 3.05) is 17.7 Å². The number of rotatable bonds is 6. The first-order valence-electron chi connectivity index (χ1n) is 9.55. The molecule has 0 bridgehead atoms. The molecule has 5 rings (SSSR count). The fraction of sp³-hybridized carbons (Fsp3) is 0.0870. The summed E-state index contributed by atoms with van der Waals surface area (Å²) in [6, 6.07) is 24.1. The van der Waals surface area contributed by atoms with Crippen molar-refractivity contribution < 1.29 is 4.74 Å². The Labute approximate surface area is 177 Å². The van der Waals surface area contributed by atoms with E-state index in [9.17, 15) is 0 Å². The number of para-hydroxylation sites is 2. The summed E-state index contributed by atoms with van der Waals surface area (Å²) in [5.74, 6) is 1.91. The van der Waals surface area contributed by atoms with Crippen molar-refractivity contribution in [1.29, 1.82) is 0 Å². The van der Waals surface area contributed by atoms with Gasteiger partial charge in [0.25, 0.3) is 0 Å². The summed E-state index contributed by atoms with van der Waals surface area (Å²) >= 11 is 1.57. The summed E-state index contributed by atoms with van der Waals surface area (Å²) in [4.78, 5) is 14.1. The van der Waals surface area contributed by atoms with Gasteiger partial charge in [-0.2, -0.15) is 4.98 Å². The van der Waals surface area contributed by atoms with E-state index < -0.39 is 0 Å². The van der Waals surface area contributed by atoms with Crippen molar-refractivity contribution in [3.8, 4) is 5.75 Å². The Kier molecular flexibility index (Phi) is 4.86. The predicted molar refractivity (Wildman–Crippen MR) is 123 cm³/mol. The Morgan fingerprint density at radius 1 is 0.867 bits per heavy atom. The van der Waals surface area contributed by atoms with Gasteiger partial charge in [0.2, 0.25) is 5.95 Å². The zero-order valence-electron chi connectivity index (χ0n) is 16.3. The number of hydrogen-bond acceptors (Lipinski definition) is 7. The lowest BCUT2D eigenvalue weighted by Crippen LogP contribution is -2.06. The van der Waals surface area contributed by atoms with E-state index in [0.717, 1.165) is 32.1 Å². The SMILES string of the molecule is COc1cccc2c(NCc3ccccc3)nc(Nc3nc4ccccc4s3)nc12. The van der Waals surface area contributed by atoms with Crippen molar-refractivity contribution in [1.82, 2.24) is 15.0 Å². The summed E-state index contributed by atoms with van der Waals surface area (Å²) in [7, 11) is 1.65. The number of thiazole rings is 1. The van der Waals surface area contributed by atoms with Crippen molar-refractivity contribution >= 4 is 49.4 Å². The molecular weight excluding hydrogens is 394 g/mol. The maximum absolute atomic E-state index is 5.54. The smallest absolute Gasteiger partial charge is 0.231 e. The average Bonchev–Trinajstić information content (AvgIpc) is 3.20. The van der Waals surface area contributed by atoms with Crippen LogP contribution in [0, 0.1) is 0 Å². The molecule has 0 unspecified atom stereocenters. The molecule has 148 valence electrons. The monoisotopic (exact) mass is 413 g/mol. The van der Waals surface area contributed by atoms with Crippen LogP contribution in [0.4, 0.5) is 16.9 Å². The third kappa shape index (κ3) is 3.62. The van der Waals surface area contributed by atoms with E-state index >= 15 is 0 Å². The second-order valence-corrected chi connectivity index (χ2v) is 7.73. The van der Waals surface area contributed by atoms with E-state index in [1.807, 2.05) is 54.6 Å².